The van der Waals surface area contributed by atoms with E-state index in [2.05, 4.69) is 10.3 Å². The molecule has 21 heavy (non-hydrogen) atoms. The molecule has 1 amide bonds. The summed E-state index contributed by atoms with van der Waals surface area (Å²) in [6.45, 7) is 1.99. The van der Waals surface area contributed by atoms with Gasteiger partial charge in [-0.25, -0.2) is 0 Å². The smallest absolute Gasteiger partial charge is 0.267 e. The summed E-state index contributed by atoms with van der Waals surface area (Å²) >= 11 is 12.1. The summed E-state index contributed by atoms with van der Waals surface area (Å²) in [6, 6.07) is 5.13. The van der Waals surface area contributed by atoms with Crippen molar-refractivity contribution in [3.63, 3.8) is 0 Å². The highest BCUT2D eigenvalue weighted by Gasteiger charge is 2.40. The summed E-state index contributed by atoms with van der Waals surface area (Å²) in [4.78, 5) is 15.2. The van der Waals surface area contributed by atoms with Gasteiger partial charge in [-0.15, -0.1) is 0 Å². The second-order valence-electron chi connectivity index (χ2n) is 5.82. The minimum absolute atomic E-state index is 0.236. The standard InChI is InChI=1S/C15H16Cl2N2O2/c1-15(21,8-2-3-8)7-18-14(20)12-6-9-11(19-12)5-4-10(16)13(9)17/h4-6,8,19,21H,2-3,7H2,1H3,(H,18,20). The maximum Gasteiger partial charge on any atom is 0.267 e. The molecule has 3 N–H and O–H groups in total. The third kappa shape index (κ3) is 2.89. The Hall–Kier alpha value is -1.23. The van der Waals surface area contributed by atoms with Crippen molar-refractivity contribution in [2.24, 2.45) is 5.92 Å². The van der Waals surface area contributed by atoms with E-state index in [-0.39, 0.29) is 18.4 Å². The second-order valence-corrected chi connectivity index (χ2v) is 6.60. The van der Waals surface area contributed by atoms with Crippen LogP contribution in [0.15, 0.2) is 18.2 Å². The molecule has 2 aromatic rings. The van der Waals surface area contributed by atoms with E-state index in [9.17, 15) is 9.90 Å². The molecule has 112 valence electrons. The Balaban J connectivity index is 1.77. The highest BCUT2D eigenvalue weighted by molar-refractivity contribution is 6.45. The number of H-pyrrole nitrogens is 1. The number of fused-ring (bicyclic) bond motifs is 1. The summed E-state index contributed by atoms with van der Waals surface area (Å²) < 4.78 is 0. The SMILES string of the molecule is CC(O)(CNC(=O)c1cc2c(Cl)c(Cl)ccc2[nH]1)C1CC1. The van der Waals surface area contributed by atoms with Crippen LogP contribution < -0.4 is 5.32 Å². The van der Waals surface area contributed by atoms with Crippen LogP contribution in [0.5, 0.6) is 0 Å². The lowest BCUT2D eigenvalue weighted by atomic mass is 10.0. The first-order valence-corrected chi connectivity index (χ1v) is 7.61. The van der Waals surface area contributed by atoms with Crippen LogP contribution in [0.1, 0.15) is 30.3 Å². The zero-order valence-electron chi connectivity index (χ0n) is 11.5. The monoisotopic (exact) mass is 326 g/mol. The van der Waals surface area contributed by atoms with Crippen molar-refractivity contribution in [2.75, 3.05) is 6.54 Å². The van der Waals surface area contributed by atoms with Crippen molar-refractivity contribution in [1.29, 1.82) is 0 Å². The number of aromatic nitrogens is 1. The van der Waals surface area contributed by atoms with E-state index in [1.165, 1.54) is 0 Å². The lowest BCUT2D eigenvalue weighted by Gasteiger charge is -2.22. The van der Waals surface area contributed by atoms with Gasteiger partial charge in [-0.3, -0.25) is 4.79 Å². The summed E-state index contributed by atoms with van der Waals surface area (Å²) in [7, 11) is 0. The number of aromatic amines is 1. The minimum atomic E-state index is -0.845. The van der Waals surface area contributed by atoms with Crippen LogP contribution in [0.3, 0.4) is 0 Å². The molecule has 1 saturated carbocycles. The fourth-order valence-corrected chi connectivity index (χ4v) is 2.85. The molecule has 1 aliphatic rings. The second kappa shape index (κ2) is 5.20. The Bertz CT molecular complexity index is 705. The van der Waals surface area contributed by atoms with E-state index in [0.29, 0.717) is 21.1 Å². The van der Waals surface area contributed by atoms with Gasteiger partial charge in [0, 0.05) is 17.4 Å². The molecule has 1 unspecified atom stereocenters. The number of amides is 1. The average Bonchev–Trinajstić information content (AvgIpc) is 3.21. The van der Waals surface area contributed by atoms with Crippen molar-refractivity contribution in [3.05, 3.63) is 33.9 Å². The maximum atomic E-state index is 12.2. The van der Waals surface area contributed by atoms with Gasteiger partial charge in [-0.1, -0.05) is 23.2 Å². The van der Waals surface area contributed by atoms with Crippen LogP contribution in [-0.2, 0) is 0 Å². The fraction of sp³-hybridized carbons (Fsp3) is 0.400. The number of rotatable bonds is 4. The number of hydrogen-bond donors (Lipinski definition) is 3. The summed E-state index contributed by atoms with van der Waals surface area (Å²) in [5.74, 6) is 0.0214. The predicted octanol–water partition coefficient (Wildman–Crippen LogP) is 3.37. The van der Waals surface area contributed by atoms with Crippen LogP contribution >= 0.6 is 23.2 Å². The minimum Gasteiger partial charge on any atom is -0.388 e. The Labute approximate surface area is 132 Å². The first-order valence-electron chi connectivity index (χ1n) is 6.86. The van der Waals surface area contributed by atoms with Crippen molar-refractivity contribution in [3.8, 4) is 0 Å². The van der Waals surface area contributed by atoms with E-state index in [1.54, 1.807) is 25.1 Å². The van der Waals surface area contributed by atoms with Crippen LogP contribution in [0.4, 0.5) is 0 Å². The van der Waals surface area contributed by atoms with E-state index in [0.717, 1.165) is 18.4 Å². The molecule has 1 fully saturated rings. The molecular weight excluding hydrogens is 311 g/mol. The van der Waals surface area contributed by atoms with Gasteiger partial charge in [0.2, 0.25) is 0 Å². The number of halogens is 2. The Kier molecular flexibility index (Phi) is 3.64. The number of carbonyl (C=O) groups is 1. The average molecular weight is 327 g/mol. The van der Waals surface area contributed by atoms with Gasteiger partial charge >= 0.3 is 0 Å². The normalized spacial score (nSPS) is 17.7. The Morgan fingerprint density at radius 3 is 2.86 bits per heavy atom. The van der Waals surface area contributed by atoms with Crippen molar-refractivity contribution < 1.29 is 9.90 Å². The number of aliphatic hydroxyl groups is 1. The van der Waals surface area contributed by atoms with Crippen molar-refractivity contribution >= 4 is 40.0 Å². The number of hydrogen-bond acceptors (Lipinski definition) is 2. The third-order valence-electron chi connectivity index (χ3n) is 4.00. The molecule has 3 rings (SSSR count). The number of carbonyl (C=O) groups excluding carboxylic acids is 1. The predicted molar refractivity (Wildman–Crippen MR) is 84.0 cm³/mol. The topological polar surface area (TPSA) is 65.1 Å². The molecule has 4 nitrogen and oxygen atoms in total. The first-order chi connectivity index (χ1) is 9.88. The van der Waals surface area contributed by atoms with Gasteiger partial charge in [0.05, 0.1) is 15.6 Å². The fourth-order valence-electron chi connectivity index (χ4n) is 2.47. The molecule has 0 saturated heterocycles. The van der Waals surface area contributed by atoms with Gasteiger partial charge in [0.15, 0.2) is 0 Å². The van der Waals surface area contributed by atoms with Crippen molar-refractivity contribution in [2.45, 2.75) is 25.4 Å². The maximum absolute atomic E-state index is 12.2. The molecule has 0 radical (unpaired) electrons. The highest BCUT2D eigenvalue weighted by Crippen LogP contribution is 2.39. The van der Waals surface area contributed by atoms with Crippen LogP contribution in [0, 0.1) is 5.92 Å². The largest absolute Gasteiger partial charge is 0.388 e. The molecule has 1 heterocycles. The quantitative estimate of drug-likeness (QED) is 0.806. The van der Waals surface area contributed by atoms with E-state index < -0.39 is 5.60 Å². The third-order valence-corrected chi connectivity index (χ3v) is 4.82. The van der Waals surface area contributed by atoms with Gasteiger partial charge in [0.1, 0.15) is 5.69 Å². The van der Waals surface area contributed by atoms with E-state index in [4.69, 9.17) is 23.2 Å². The van der Waals surface area contributed by atoms with Crippen LogP contribution in [0.25, 0.3) is 10.9 Å². The van der Waals surface area contributed by atoms with E-state index >= 15 is 0 Å². The molecule has 1 aliphatic carbocycles. The molecule has 1 aromatic heterocycles. The molecule has 1 atom stereocenters. The summed E-state index contributed by atoms with van der Waals surface area (Å²) in [5, 5.41) is 14.6. The summed E-state index contributed by atoms with van der Waals surface area (Å²) in [6.07, 6.45) is 2.03. The highest BCUT2D eigenvalue weighted by atomic mass is 35.5. The molecular formula is C15H16Cl2N2O2. The zero-order valence-corrected chi connectivity index (χ0v) is 13.1. The number of benzene rings is 1. The Morgan fingerprint density at radius 1 is 1.48 bits per heavy atom. The summed E-state index contributed by atoms with van der Waals surface area (Å²) in [5.41, 5.74) is 0.312. The zero-order chi connectivity index (χ0) is 15.2. The van der Waals surface area contributed by atoms with Gasteiger partial charge in [0.25, 0.3) is 5.91 Å². The molecule has 6 heteroatoms. The number of nitrogens with one attached hydrogen (secondary N) is 2. The van der Waals surface area contributed by atoms with Gasteiger partial charge < -0.3 is 15.4 Å². The molecule has 0 bridgehead atoms. The lowest BCUT2D eigenvalue weighted by molar-refractivity contribution is 0.0353. The lowest BCUT2D eigenvalue weighted by Crippen LogP contribution is -2.42. The van der Waals surface area contributed by atoms with E-state index in [1.807, 2.05) is 0 Å². The van der Waals surface area contributed by atoms with Crippen LogP contribution in [0.2, 0.25) is 10.0 Å². The molecule has 0 spiro atoms. The first kappa shape index (κ1) is 14.7. The van der Waals surface area contributed by atoms with Gasteiger partial charge in [-0.2, -0.15) is 0 Å². The van der Waals surface area contributed by atoms with Crippen molar-refractivity contribution in [1.82, 2.24) is 10.3 Å². The Morgan fingerprint density at radius 2 is 2.19 bits per heavy atom. The van der Waals surface area contributed by atoms with Gasteiger partial charge in [-0.05, 0) is 43.9 Å². The molecule has 1 aromatic carbocycles. The van der Waals surface area contributed by atoms with Crippen LogP contribution in [-0.4, -0.2) is 28.1 Å². The molecule has 0 aliphatic heterocycles.